The van der Waals surface area contributed by atoms with Crippen LogP contribution in [0.2, 0.25) is 5.02 Å². The number of halogens is 2. The Morgan fingerprint density at radius 2 is 1.62 bits per heavy atom. The lowest BCUT2D eigenvalue weighted by Crippen LogP contribution is -2.34. The Morgan fingerprint density at radius 1 is 0.923 bits per heavy atom. The molecule has 0 amide bonds. The average Bonchev–Trinajstić information content (AvgIpc) is 3.15. The molecular formula is C20H19ClIN3O. The van der Waals surface area contributed by atoms with E-state index in [9.17, 15) is 0 Å². The molecule has 0 saturated carbocycles. The van der Waals surface area contributed by atoms with Crippen molar-refractivity contribution in [3.8, 4) is 11.5 Å². The zero-order chi connectivity index (χ0) is 17.9. The number of piperidine rings is 1. The van der Waals surface area contributed by atoms with Gasteiger partial charge < -0.3 is 4.42 Å². The summed E-state index contributed by atoms with van der Waals surface area (Å²) in [5, 5.41) is 9.43. The summed E-state index contributed by atoms with van der Waals surface area (Å²) in [6.07, 6.45) is 3.67. The van der Waals surface area contributed by atoms with E-state index in [2.05, 4.69) is 49.8 Å². The number of nitrogens with zero attached hydrogens (tertiary/aromatic N) is 3. The topological polar surface area (TPSA) is 42.2 Å². The number of likely N-dealkylation sites (tertiary alicyclic amines) is 1. The van der Waals surface area contributed by atoms with Crippen molar-refractivity contribution in [3.05, 3.63) is 68.6 Å². The van der Waals surface area contributed by atoms with Gasteiger partial charge in [-0.05, 0) is 90.5 Å². The molecule has 1 aliphatic rings. The van der Waals surface area contributed by atoms with E-state index in [0.717, 1.165) is 29.2 Å². The molecule has 2 heterocycles. The fourth-order valence-electron chi connectivity index (χ4n) is 3.39. The van der Waals surface area contributed by atoms with Crippen molar-refractivity contribution >= 4 is 34.2 Å². The predicted molar refractivity (Wildman–Crippen MR) is 111 cm³/mol. The summed E-state index contributed by atoms with van der Waals surface area (Å²) in [5.41, 5.74) is 2.08. The fraction of sp³-hybridized carbons (Fsp3) is 0.300. The van der Waals surface area contributed by atoms with Crippen molar-refractivity contribution in [2.45, 2.75) is 25.3 Å². The molecule has 0 bridgehead atoms. The Labute approximate surface area is 171 Å². The van der Waals surface area contributed by atoms with Crippen molar-refractivity contribution < 1.29 is 4.42 Å². The van der Waals surface area contributed by atoms with Crippen LogP contribution in [-0.2, 0) is 0 Å². The molecule has 1 fully saturated rings. The molecule has 0 radical (unpaired) electrons. The zero-order valence-electron chi connectivity index (χ0n) is 14.2. The van der Waals surface area contributed by atoms with Crippen molar-refractivity contribution in [3.63, 3.8) is 0 Å². The average molecular weight is 480 g/mol. The van der Waals surface area contributed by atoms with Crippen LogP contribution in [-0.4, -0.2) is 28.2 Å². The molecule has 0 spiro atoms. The van der Waals surface area contributed by atoms with E-state index < -0.39 is 0 Å². The van der Waals surface area contributed by atoms with Gasteiger partial charge >= 0.3 is 0 Å². The quantitative estimate of drug-likeness (QED) is 0.459. The van der Waals surface area contributed by atoms with E-state index in [1.807, 2.05) is 36.4 Å². The van der Waals surface area contributed by atoms with Crippen molar-refractivity contribution in [2.75, 3.05) is 13.1 Å². The fourth-order valence-corrected chi connectivity index (χ4v) is 3.87. The highest BCUT2D eigenvalue weighted by Gasteiger charge is 2.29. The maximum atomic E-state index is 6.11. The summed E-state index contributed by atoms with van der Waals surface area (Å²) in [6, 6.07) is 16.0. The van der Waals surface area contributed by atoms with Crippen LogP contribution in [0.25, 0.3) is 11.5 Å². The molecule has 1 aliphatic heterocycles. The van der Waals surface area contributed by atoms with Gasteiger partial charge in [0.2, 0.25) is 11.8 Å². The van der Waals surface area contributed by atoms with Gasteiger partial charge in [0.25, 0.3) is 0 Å². The highest BCUT2D eigenvalue weighted by molar-refractivity contribution is 14.1. The summed E-state index contributed by atoms with van der Waals surface area (Å²) in [7, 11) is 0. The third-order valence-electron chi connectivity index (χ3n) is 4.71. The van der Waals surface area contributed by atoms with E-state index in [4.69, 9.17) is 16.0 Å². The maximum absolute atomic E-state index is 6.11. The molecule has 6 heteroatoms. The molecule has 2 aromatic carbocycles. The Bertz CT molecular complexity index is 858. The summed E-state index contributed by atoms with van der Waals surface area (Å²) in [6.45, 7) is 2.07. The molecule has 26 heavy (non-hydrogen) atoms. The molecule has 0 N–H and O–H groups in total. The van der Waals surface area contributed by atoms with Crippen LogP contribution < -0.4 is 0 Å². The second-order valence-electron chi connectivity index (χ2n) is 6.50. The van der Waals surface area contributed by atoms with E-state index in [1.54, 1.807) is 0 Å². The lowest BCUT2D eigenvalue weighted by atomic mass is 10.0. The number of rotatable bonds is 4. The first kappa shape index (κ1) is 17.9. The van der Waals surface area contributed by atoms with Crippen molar-refractivity contribution in [1.82, 2.24) is 15.1 Å². The molecule has 1 unspecified atom stereocenters. The molecule has 134 valence electrons. The van der Waals surface area contributed by atoms with Gasteiger partial charge in [0, 0.05) is 14.2 Å². The van der Waals surface area contributed by atoms with Gasteiger partial charge in [-0.15, -0.1) is 10.2 Å². The molecule has 4 nitrogen and oxygen atoms in total. The van der Waals surface area contributed by atoms with Crippen LogP contribution >= 0.6 is 34.2 Å². The van der Waals surface area contributed by atoms with Gasteiger partial charge in [0.15, 0.2) is 0 Å². The minimum Gasteiger partial charge on any atom is -0.419 e. The number of aromatic nitrogens is 2. The lowest BCUT2D eigenvalue weighted by molar-refractivity contribution is 0.166. The SMILES string of the molecule is Clc1ccc(C(c2nnc(-c3ccc(I)cc3)o2)N2CCCCC2)cc1. The molecule has 1 atom stereocenters. The number of hydrogen-bond acceptors (Lipinski definition) is 4. The highest BCUT2D eigenvalue weighted by Crippen LogP contribution is 2.32. The van der Waals surface area contributed by atoms with E-state index in [1.165, 1.54) is 22.8 Å². The minimum absolute atomic E-state index is 0.0299. The zero-order valence-corrected chi connectivity index (χ0v) is 17.2. The van der Waals surface area contributed by atoms with Gasteiger partial charge in [-0.2, -0.15) is 0 Å². The minimum atomic E-state index is -0.0299. The Morgan fingerprint density at radius 3 is 2.31 bits per heavy atom. The maximum Gasteiger partial charge on any atom is 0.247 e. The van der Waals surface area contributed by atoms with E-state index in [0.29, 0.717) is 11.8 Å². The summed E-state index contributed by atoms with van der Waals surface area (Å²) in [4.78, 5) is 2.43. The van der Waals surface area contributed by atoms with Crippen LogP contribution in [0.3, 0.4) is 0 Å². The van der Waals surface area contributed by atoms with Crippen LogP contribution in [0.1, 0.15) is 36.8 Å². The monoisotopic (exact) mass is 479 g/mol. The lowest BCUT2D eigenvalue weighted by Gasteiger charge is -2.32. The van der Waals surface area contributed by atoms with Gasteiger partial charge in [-0.1, -0.05) is 30.2 Å². The highest BCUT2D eigenvalue weighted by atomic mass is 127. The number of hydrogen-bond donors (Lipinski definition) is 0. The normalized spacial score (nSPS) is 16.5. The van der Waals surface area contributed by atoms with Gasteiger partial charge in [0.05, 0.1) is 0 Å². The smallest absolute Gasteiger partial charge is 0.247 e. The molecule has 4 rings (SSSR count). The molecule has 0 aliphatic carbocycles. The Balaban J connectivity index is 1.69. The van der Waals surface area contributed by atoms with Crippen molar-refractivity contribution in [2.24, 2.45) is 0 Å². The Kier molecular flexibility index (Phi) is 5.57. The first-order valence-electron chi connectivity index (χ1n) is 8.79. The molecule has 1 aromatic heterocycles. The first-order valence-corrected chi connectivity index (χ1v) is 10.3. The van der Waals surface area contributed by atoms with Crippen LogP contribution in [0.4, 0.5) is 0 Å². The van der Waals surface area contributed by atoms with Crippen LogP contribution in [0.15, 0.2) is 52.9 Å². The van der Waals surface area contributed by atoms with Crippen molar-refractivity contribution in [1.29, 1.82) is 0 Å². The predicted octanol–water partition coefficient (Wildman–Crippen LogP) is 5.57. The summed E-state index contributed by atoms with van der Waals surface area (Å²) >= 11 is 8.37. The van der Waals surface area contributed by atoms with Gasteiger partial charge in [-0.3, -0.25) is 4.90 Å². The van der Waals surface area contributed by atoms with Gasteiger partial charge in [0.1, 0.15) is 6.04 Å². The Hall–Kier alpha value is -1.44. The molecule has 3 aromatic rings. The second-order valence-corrected chi connectivity index (χ2v) is 8.19. The largest absolute Gasteiger partial charge is 0.419 e. The summed E-state index contributed by atoms with van der Waals surface area (Å²) in [5.74, 6) is 1.20. The second kappa shape index (κ2) is 8.06. The number of benzene rings is 2. The van der Waals surface area contributed by atoms with E-state index in [-0.39, 0.29) is 6.04 Å². The van der Waals surface area contributed by atoms with E-state index >= 15 is 0 Å². The van der Waals surface area contributed by atoms with Crippen LogP contribution in [0.5, 0.6) is 0 Å². The van der Waals surface area contributed by atoms with Crippen LogP contribution in [0, 0.1) is 3.57 Å². The van der Waals surface area contributed by atoms with Gasteiger partial charge in [-0.25, -0.2) is 0 Å². The third kappa shape index (κ3) is 3.94. The standard InChI is InChI=1S/C20H19ClIN3O/c21-16-8-4-14(5-9-16)18(25-12-2-1-3-13-25)20-24-23-19(26-20)15-6-10-17(22)11-7-15/h4-11,18H,1-3,12-13H2. The third-order valence-corrected chi connectivity index (χ3v) is 5.68. The molecule has 1 saturated heterocycles. The molecular weight excluding hydrogens is 461 g/mol. The first-order chi connectivity index (χ1) is 12.7. The summed E-state index contributed by atoms with van der Waals surface area (Å²) < 4.78 is 7.29.